The number of piperazine rings is 1. The van der Waals surface area contributed by atoms with Crippen molar-refractivity contribution in [2.75, 3.05) is 31.1 Å². The van der Waals surface area contributed by atoms with Gasteiger partial charge < -0.3 is 10.6 Å². The number of thiocarbonyl (C=S) groups is 1. The minimum Gasteiger partial charge on any atom is -0.375 e. The van der Waals surface area contributed by atoms with Crippen LogP contribution in [0.15, 0.2) is 35.4 Å². The van der Waals surface area contributed by atoms with Crippen molar-refractivity contribution in [2.45, 2.75) is 6.54 Å². The maximum Gasteiger partial charge on any atom is 0.184 e. The monoisotopic (exact) mass is 457 g/mol. The Morgan fingerprint density at radius 3 is 2.52 bits per heavy atom. The Bertz CT molecular complexity index is 933. The van der Waals surface area contributed by atoms with E-state index in [1.165, 1.54) is 6.07 Å². The molecule has 0 unspecified atom stereocenters. The van der Waals surface area contributed by atoms with E-state index in [1.807, 2.05) is 11.0 Å². The second kappa shape index (κ2) is 9.67. The van der Waals surface area contributed by atoms with Crippen LogP contribution in [0.1, 0.15) is 11.1 Å². The lowest BCUT2D eigenvalue weighted by Gasteiger charge is -2.36. The Labute approximate surface area is 183 Å². The molecule has 2 aromatic rings. The van der Waals surface area contributed by atoms with Crippen LogP contribution in [-0.2, 0) is 6.54 Å². The summed E-state index contributed by atoms with van der Waals surface area (Å²) in [6.45, 7) is 3.20. The molecule has 1 saturated heterocycles. The van der Waals surface area contributed by atoms with Crippen LogP contribution in [0.5, 0.6) is 0 Å². The summed E-state index contributed by atoms with van der Waals surface area (Å²) in [4.78, 5) is 4.04. The quantitative estimate of drug-likeness (QED) is 0.406. The van der Waals surface area contributed by atoms with Gasteiger partial charge in [0.25, 0.3) is 0 Å². The lowest BCUT2D eigenvalue weighted by atomic mass is 10.1. The van der Waals surface area contributed by atoms with Gasteiger partial charge in [0.15, 0.2) is 5.11 Å². The Balaban J connectivity index is 1.63. The molecule has 1 aliphatic heterocycles. The molecular weight excluding hydrogens is 439 g/mol. The van der Waals surface area contributed by atoms with Gasteiger partial charge in [-0.2, -0.15) is 5.10 Å². The molecule has 0 radical (unpaired) electrons. The van der Waals surface area contributed by atoms with Gasteiger partial charge in [-0.15, -0.1) is 0 Å². The lowest BCUT2D eigenvalue weighted by molar-refractivity contribution is 0.249. The molecule has 0 atom stereocenters. The Morgan fingerprint density at radius 1 is 1.14 bits per heavy atom. The summed E-state index contributed by atoms with van der Waals surface area (Å²) < 4.78 is 28.9. The molecule has 0 spiro atoms. The average molecular weight is 458 g/mol. The van der Waals surface area contributed by atoms with E-state index in [2.05, 4.69) is 27.6 Å². The fourth-order valence-electron chi connectivity index (χ4n) is 3.10. The standard InChI is InChI=1S/C19H19Cl2F2N5S/c20-14-2-1-12(15(21)8-14)11-27-3-5-28(6-4-27)18-9-16(22)13(7-17(18)23)10-25-26-19(24)29/h1-2,7-10H,3-6,11H2,(H3,24,26,29). The molecule has 1 aliphatic rings. The predicted molar refractivity (Wildman–Crippen MR) is 118 cm³/mol. The van der Waals surface area contributed by atoms with Crippen molar-refractivity contribution in [2.24, 2.45) is 10.8 Å². The van der Waals surface area contributed by atoms with Crippen LogP contribution >= 0.6 is 35.4 Å². The largest absolute Gasteiger partial charge is 0.375 e. The number of nitrogens with two attached hydrogens (primary N) is 1. The molecule has 0 aliphatic carbocycles. The SMILES string of the molecule is NC(=S)NN=Cc1cc(F)c(N2CCN(Cc3ccc(Cl)cc3Cl)CC2)cc1F. The Morgan fingerprint density at radius 2 is 1.86 bits per heavy atom. The highest BCUT2D eigenvalue weighted by Gasteiger charge is 2.21. The van der Waals surface area contributed by atoms with Gasteiger partial charge in [-0.05, 0) is 36.0 Å². The molecular formula is C19H19Cl2F2N5S. The zero-order valence-electron chi connectivity index (χ0n) is 15.3. The smallest absolute Gasteiger partial charge is 0.184 e. The lowest BCUT2D eigenvalue weighted by Crippen LogP contribution is -2.46. The van der Waals surface area contributed by atoms with Gasteiger partial charge in [-0.3, -0.25) is 10.3 Å². The van der Waals surface area contributed by atoms with Crippen molar-refractivity contribution in [3.8, 4) is 0 Å². The minimum atomic E-state index is -0.578. The number of benzene rings is 2. The van der Waals surface area contributed by atoms with Crippen LogP contribution < -0.4 is 16.1 Å². The van der Waals surface area contributed by atoms with E-state index in [0.717, 1.165) is 17.8 Å². The number of hydrogen-bond donors (Lipinski definition) is 2. The highest BCUT2D eigenvalue weighted by atomic mass is 35.5. The van der Waals surface area contributed by atoms with Crippen LogP contribution in [0, 0.1) is 11.6 Å². The second-order valence-corrected chi connectivity index (χ2v) is 7.84. The van der Waals surface area contributed by atoms with Gasteiger partial charge in [0.1, 0.15) is 11.6 Å². The van der Waals surface area contributed by atoms with Gasteiger partial charge >= 0.3 is 0 Å². The van der Waals surface area contributed by atoms with Crippen LogP contribution in [0.25, 0.3) is 0 Å². The number of anilines is 1. The summed E-state index contributed by atoms with van der Waals surface area (Å²) in [5.41, 5.74) is 8.76. The third kappa shape index (κ3) is 5.76. The number of nitrogens with zero attached hydrogens (tertiary/aromatic N) is 3. The van der Waals surface area contributed by atoms with Gasteiger partial charge in [-0.25, -0.2) is 8.78 Å². The van der Waals surface area contributed by atoms with Gasteiger partial charge in [0.05, 0.1) is 11.9 Å². The molecule has 29 heavy (non-hydrogen) atoms. The van der Waals surface area contributed by atoms with Crippen molar-refractivity contribution in [1.29, 1.82) is 0 Å². The molecule has 2 aromatic carbocycles. The molecule has 0 aromatic heterocycles. The molecule has 0 amide bonds. The van der Waals surface area contributed by atoms with E-state index in [0.29, 0.717) is 42.8 Å². The van der Waals surface area contributed by atoms with Crippen molar-refractivity contribution in [1.82, 2.24) is 10.3 Å². The molecule has 154 valence electrons. The zero-order chi connectivity index (χ0) is 21.0. The summed E-state index contributed by atoms with van der Waals surface area (Å²) in [6, 6.07) is 7.71. The normalized spacial score (nSPS) is 15.1. The molecule has 0 bridgehead atoms. The third-order valence-electron chi connectivity index (χ3n) is 4.57. The van der Waals surface area contributed by atoms with Gasteiger partial charge in [0.2, 0.25) is 0 Å². The number of halogens is 4. The molecule has 0 saturated carbocycles. The first-order valence-corrected chi connectivity index (χ1v) is 9.98. The van der Waals surface area contributed by atoms with Crippen LogP contribution in [-0.4, -0.2) is 42.4 Å². The van der Waals surface area contributed by atoms with Crippen LogP contribution in [0.2, 0.25) is 10.0 Å². The van der Waals surface area contributed by atoms with Gasteiger partial charge in [0, 0.05) is 54.4 Å². The van der Waals surface area contributed by atoms with Crippen molar-refractivity contribution < 1.29 is 8.78 Å². The fraction of sp³-hybridized carbons (Fsp3) is 0.263. The van der Waals surface area contributed by atoms with Crippen LogP contribution in [0.4, 0.5) is 14.5 Å². The number of rotatable bonds is 5. The van der Waals surface area contributed by atoms with Crippen molar-refractivity contribution in [3.63, 3.8) is 0 Å². The molecule has 10 heteroatoms. The highest BCUT2D eigenvalue weighted by Crippen LogP contribution is 2.26. The first-order chi connectivity index (χ1) is 13.8. The first kappa shape index (κ1) is 21.7. The maximum atomic E-state index is 14.6. The molecule has 3 N–H and O–H groups in total. The fourth-order valence-corrected chi connectivity index (χ4v) is 3.62. The van der Waals surface area contributed by atoms with E-state index in [9.17, 15) is 8.78 Å². The summed E-state index contributed by atoms with van der Waals surface area (Å²) in [6.07, 6.45) is 1.13. The third-order valence-corrected chi connectivity index (χ3v) is 5.24. The first-order valence-electron chi connectivity index (χ1n) is 8.82. The summed E-state index contributed by atoms with van der Waals surface area (Å²) in [7, 11) is 0. The van der Waals surface area contributed by atoms with E-state index >= 15 is 0 Å². The van der Waals surface area contributed by atoms with Gasteiger partial charge in [-0.1, -0.05) is 29.3 Å². The number of hydrogen-bond acceptors (Lipinski definition) is 4. The van der Waals surface area contributed by atoms with E-state index in [4.69, 9.17) is 28.9 Å². The van der Waals surface area contributed by atoms with Crippen molar-refractivity contribution >= 4 is 52.4 Å². The summed E-state index contributed by atoms with van der Waals surface area (Å²) in [5.74, 6) is -1.09. The zero-order valence-corrected chi connectivity index (χ0v) is 17.7. The van der Waals surface area contributed by atoms with Crippen LogP contribution in [0.3, 0.4) is 0 Å². The highest BCUT2D eigenvalue weighted by molar-refractivity contribution is 7.80. The number of nitrogens with one attached hydrogen (secondary N) is 1. The van der Waals surface area contributed by atoms with E-state index in [-0.39, 0.29) is 16.4 Å². The maximum absolute atomic E-state index is 14.6. The second-order valence-electron chi connectivity index (χ2n) is 6.56. The number of hydrazone groups is 1. The predicted octanol–water partition coefficient (Wildman–Crippen LogP) is 3.76. The topological polar surface area (TPSA) is 56.9 Å². The average Bonchev–Trinajstić information content (AvgIpc) is 2.67. The summed E-state index contributed by atoms with van der Waals surface area (Å²) >= 11 is 16.8. The van der Waals surface area contributed by atoms with Crippen molar-refractivity contribution in [3.05, 3.63) is 63.1 Å². The Hall–Kier alpha value is -2.00. The van der Waals surface area contributed by atoms with E-state index in [1.54, 1.807) is 12.1 Å². The van der Waals surface area contributed by atoms with E-state index < -0.39 is 11.6 Å². The summed E-state index contributed by atoms with van der Waals surface area (Å²) in [5, 5.41) is 4.82. The molecule has 1 heterocycles. The molecule has 3 rings (SSSR count). The molecule has 1 fully saturated rings. The Kier molecular flexibility index (Phi) is 7.23. The minimum absolute atomic E-state index is 0.00557. The molecule has 5 nitrogen and oxygen atoms in total.